The number of benzene rings is 3. The van der Waals surface area contributed by atoms with E-state index >= 15 is 0 Å². The van der Waals surface area contributed by atoms with Crippen molar-refractivity contribution in [3.8, 4) is 0 Å². The van der Waals surface area contributed by atoms with Gasteiger partial charge in [0.05, 0.1) is 0 Å². The second-order valence-corrected chi connectivity index (χ2v) is 6.45. The van der Waals surface area contributed by atoms with Crippen LogP contribution in [-0.2, 0) is 9.59 Å². The number of amides is 2. The van der Waals surface area contributed by atoms with E-state index in [2.05, 4.69) is 22.8 Å². The fraction of sp³-hybridized carbons (Fsp3) is 0.130. The van der Waals surface area contributed by atoms with Crippen LogP contribution in [0, 0.1) is 0 Å². The molecule has 0 aliphatic heterocycles. The fourth-order valence-corrected chi connectivity index (χ4v) is 3.15. The minimum atomic E-state index is -0.0871. The molecule has 0 spiro atoms. The van der Waals surface area contributed by atoms with Gasteiger partial charge in [0.1, 0.15) is 0 Å². The van der Waals surface area contributed by atoms with E-state index in [0.29, 0.717) is 0 Å². The van der Waals surface area contributed by atoms with Gasteiger partial charge >= 0.3 is 0 Å². The third-order valence-electron chi connectivity index (χ3n) is 4.26. The van der Waals surface area contributed by atoms with Gasteiger partial charge in [0.2, 0.25) is 11.8 Å². The van der Waals surface area contributed by atoms with E-state index in [4.69, 9.17) is 0 Å². The van der Waals surface area contributed by atoms with Crippen LogP contribution in [0.25, 0.3) is 0 Å². The molecular formula is C23H22N2O2. The lowest BCUT2D eigenvalue weighted by Crippen LogP contribution is -2.08. The molecule has 0 fully saturated rings. The first kappa shape index (κ1) is 18.4. The number of anilines is 2. The molecule has 27 heavy (non-hydrogen) atoms. The molecule has 0 aliphatic carbocycles. The molecule has 4 heteroatoms. The van der Waals surface area contributed by atoms with Gasteiger partial charge in [0.15, 0.2) is 0 Å². The lowest BCUT2D eigenvalue weighted by molar-refractivity contribution is -0.115. The molecule has 0 aromatic heterocycles. The van der Waals surface area contributed by atoms with E-state index in [9.17, 15) is 9.59 Å². The summed E-state index contributed by atoms with van der Waals surface area (Å²) in [6.07, 6.45) is 0. The van der Waals surface area contributed by atoms with Gasteiger partial charge in [0.25, 0.3) is 0 Å². The van der Waals surface area contributed by atoms with Crippen LogP contribution in [0.15, 0.2) is 78.9 Å². The monoisotopic (exact) mass is 358 g/mol. The van der Waals surface area contributed by atoms with Gasteiger partial charge in [-0.3, -0.25) is 9.59 Å². The normalized spacial score (nSPS) is 10.5. The fourth-order valence-electron chi connectivity index (χ4n) is 3.15. The van der Waals surface area contributed by atoms with Crippen molar-refractivity contribution in [3.05, 3.63) is 95.6 Å². The molecule has 0 unspecified atom stereocenters. The molecule has 0 bridgehead atoms. The number of hydrogen-bond acceptors (Lipinski definition) is 2. The molecule has 2 N–H and O–H groups in total. The average molecular weight is 358 g/mol. The van der Waals surface area contributed by atoms with Crippen LogP contribution in [-0.4, -0.2) is 11.8 Å². The van der Waals surface area contributed by atoms with Gasteiger partial charge < -0.3 is 10.6 Å². The number of carbonyl (C=O) groups excluding carboxylic acids is 2. The van der Waals surface area contributed by atoms with Gasteiger partial charge in [-0.05, 0) is 41.0 Å². The van der Waals surface area contributed by atoms with Crippen LogP contribution in [0.5, 0.6) is 0 Å². The molecule has 0 heterocycles. The van der Waals surface area contributed by atoms with Crippen molar-refractivity contribution in [3.63, 3.8) is 0 Å². The summed E-state index contributed by atoms with van der Waals surface area (Å²) in [7, 11) is 0. The summed E-state index contributed by atoms with van der Waals surface area (Å²) >= 11 is 0. The van der Waals surface area contributed by atoms with Crippen LogP contribution >= 0.6 is 0 Å². The van der Waals surface area contributed by atoms with Crippen molar-refractivity contribution in [2.75, 3.05) is 10.6 Å². The lowest BCUT2D eigenvalue weighted by Gasteiger charge is -2.20. The average Bonchev–Trinajstić information content (AvgIpc) is 2.65. The molecule has 4 nitrogen and oxygen atoms in total. The highest BCUT2D eigenvalue weighted by Gasteiger charge is 2.16. The molecule has 2 amide bonds. The molecule has 0 aliphatic rings. The summed E-state index contributed by atoms with van der Waals surface area (Å²) in [4.78, 5) is 22.5. The van der Waals surface area contributed by atoms with Crippen LogP contribution in [0.2, 0.25) is 0 Å². The quantitative estimate of drug-likeness (QED) is 0.645. The summed E-state index contributed by atoms with van der Waals surface area (Å²) in [5, 5.41) is 5.59. The Balaban J connectivity index is 1.97. The minimum absolute atomic E-state index is 0.0592. The zero-order valence-corrected chi connectivity index (χ0v) is 15.4. The summed E-state index contributed by atoms with van der Waals surface area (Å²) < 4.78 is 0. The highest BCUT2D eigenvalue weighted by atomic mass is 16.2. The van der Waals surface area contributed by atoms with E-state index in [1.54, 1.807) is 0 Å². The summed E-state index contributed by atoms with van der Waals surface area (Å²) in [5.41, 5.74) is 4.99. The topological polar surface area (TPSA) is 58.2 Å². The van der Waals surface area contributed by atoms with Crippen molar-refractivity contribution in [2.45, 2.75) is 19.8 Å². The molecule has 136 valence electrons. The number of rotatable bonds is 5. The Morgan fingerprint density at radius 3 is 1.33 bits per heavy atom. The molecule has 3 aromatic rings. The highest BCUT2D eigenvalue weighted by Crippen LogP contribution is 2.33. The first-order chi connectivity index (χ1) is 13.0. The third-order valence-corrected chi connectivity index (χ3v) is 4.26. The molecule has 0 radical (unpaired) electrons. The summed E-state index contributed by atoms with van der Waals surface area (Å²) in [6, 6.07) is 26.1. The van der Waals surface area contributed by atoms with E-state index < -0.39 is 0 Å². The maximum absolute atomic E-state index is 11.2. The maximum atomic E-state index is 11.2. The zero-order chi connectivity index (χ0) is 19.2. The molecular weight excluding hydrogens is 336 g/mol. The first-order valence-corrected chi connectivity index (χ1v) is 8.83. The van der Waals surface area contributed by atoms with Crippen molar-refractivity contribution in [1.29, 1.82) is 0 Å². The Morgan fingerprint density at radius 1 is 0.593 bits per heavy atom. The largest absolute Gasteiger partial charge is 0.326 e. The predicted octanol–water partition coefficient (Wildman–Crippen LogP) is 4.78. The maximum Gasteiger partial charge on any atom is 0.221 e. The Kier molecular flexibility index (Phi) is 5.67. The van der Waals surface area contributed by atoms with Crippen molar-refractivity contribution < 1.29 is 9.59 Å². The van der Waals surface area contributed by atoms with Gasteiger partial charge in [0, 0.05) is 31.1 Å². The van der Waals surface area contributed by atoms with Gasteiger partial charge in [-0.2, -0.15) is 0 Å². The van der Waals surface area contributed by atoms with E-state index in [-0.39, 0.29) is 17.7 Å². The van der Waals surface area contributed by atoms with Crippen LogP contribution in [0.4, 0.5) is 11.4 Å². The minimum Gasteiger partial charge on any atom is -0.326 e. The second kappa shape index (κ2) is 8.32. The van der Waals surface area contributed by atoms with Crippen LogP contribution in [0.1, 0.15) is 36.5 Å². The molecule has 3 aromatic carbocycles. The number of nitrogens with one attached hydrogen (secondary N) is 2. The Hall–Kier alpha value is -3.40. The van der Waals surface area contributed by atoms with E-state index in [0.717, 1.165) is 22.5 Å². The molecule has 0 atom stereocenters. The van der Waals surface area contributed by atoms with Gasteiger partial charge in [-0.15, -0.1) is 0 Å². The SMILES string of the molecule is CC(=O)Nc1ccc(C(c2ccccc2)c2ccc(NC(C)=O)cc2)cc1. The zero-order valence-electron chi connectivity index (χ0n) is 15.4. The second-order valence-electron chi connectivity index (χ2n) is 6.45. The Labute approximate surface area is 159 Å². The summed E-state index contributed by atoms with van der Waals surface area (Å²) in [6.45, 7) is 2.99. The lowest BCUT2D eigenvalue weighted by atomic mass is 9.85. The number of hydrogen-bond donors (Lipinski definition) is 2. The summed E-state index contributed by atoms with van der Waals surface area (Å²) in [5.74, 6) is -0.115. The molecule has 0 saturated carbocycles. The number of carbonyl (C=O) groups is 2. The Bertz CT molecular complexity index is 857. The van der Waals surface area contributed by atoms with Gasteiger partial charge in [-0.25, -0.2) is 0 Å². The van der Waals surface area contributed by atoms with Crippen molar-refractivity contribution >= 4 is 23.2 Å². The van der Waals surface area contributed by atoms with Crippen molar-refractivity contribution in [1.82, 2.24) is 0 Å². The third kappa shape index (κ3) is 4.82. The van der Waals surface area contributed by atoms with E-state index in [1.807, 2.05) is 66.7 Å². The standard InChI is InChI=1S/C23H22N2O2/c1-16(26)24-21-12-8-19(9-13-21)23(18-6-4-3-5-7-18)20-10-14-22(15-11-20)25-17(2)27/h3-15,23H,1-2H3,(H,24,26)(H,25,27). The molecule has 0 saturated heterocycles. The molecule has 3 rings (SSSR count). The smallest absolute Gasteiger partial charge is 0.221 e. The predicted molar refractivity (Wildman–Crippen MR) is 109 cm³/mol. The first-order valence-electron chi connectivity index (χ1n) is 8.83. The van der Waals surface area contributed by atoms with E-state index in [1.165, 1.54) is 19.4 Å². The highest BCUT2D eigenvalue weighted by molar-refractivity contribution is 5.89. The van der Waals surface area contributed by atoms with Crippen LogP contribution in [0.3, 0.4) is 0 Å². The van der Waals surface area contributed by atoms with Crippen LogP contribution < -0.4 is 10.6 Å². The Morgan fingerprint density at radius 2 is 0.963 bits per heavy atom. The van der Waals surface area contributed by atoms with Crippen molar-refractivity contribution in [2.24, 2.45) is 0 Å². The van der Waals surface area contributed by atoms with Gasteiger partial charge in [-0.1, -0.05) is 54.6 Å².